The molecule has 2 aromatic carbocycles. The third-order valence-electron chi connectivity index (χ3n) is 3.16. The fourth-order valence-corrected chi connectivity index (χ4v) is 2.00. The maximum absolute atomic E-state index is 13.0. The molecule has 0 saturated heterocycles. The number of carbonyl (C=O) groups is 1. The molecule has 0 bridgehead atoms. The van der Waals surface area contributed by atoms with Crippen molar-refractivity contribution in [2.75, 3.05) is 13.2 Å². The van der Waals surface area contributed by atoms with Gasteiger partial charge in [0.05, 0.1) is 11.5 Å². The average Bonchev–Trinajstić information content (AvgIpc) is 2.58. The Balaban J connectivity index is 1.98. The van der Waals surface area contributed by atoms with E-state index in [0.717, 1.165) is 12.1 Å². The van der Waals surface area contributed by atoms with Gasteiger partial charge in [-0.3, -0.25) is 14.9 Å². The minimum atomic E-state index is -4.80. The van der Waals surface area contributed by atoms with Crippen LogP contribution in [0.15, 0.2) is 48.5 Å². The number of non-ortho nitro benzene ring substituents is 1. The Morgan fingerprint density at radius 3 is 2.44 bits per heavy atom. The van der Waals surface area contributed by atoms with Crippen molar-refractivity contribution in [3.8, 4) is 5.75 Å². The number of hydrogen-bond donors (Lipinski definition) is 1. The van der Waals surface area contributed by atoms with Gasteiger partial charge in [0.25, 0.3) is 11.6 Å². The lowest BCUT2D eigenvalue weighted by Crippen LogP contribution is -2.28. The molecule has 1 amide bonds. The predicted molar refractivity (Wildman–Crippen MR) is 82.4 cm³/mol. The van der Waals surface area contributed by atoms with Gasteiger partial charge in [-0.1, -0.05) is 18.2 Å². The Kier molecular flexibility index (Phi) is 5.58. The van der Waals surface area contributed by atoms with Crippen molar-refractivity contribution in [1.82, 2.24) is 5.32 Å². The van der Waals surface area contributed by atoms with Crippen molar-refractivity contribution in [3.05, 3.63) is 69.8 Å². The summed E-state index contributed by atoms with van der Waals surface area (Å²) in [7, 11) is 0. The maximum Gasteiger partial charge on any atom is 0.420 e. The van der Waals surface area contributed by atoms with Crippen LogP contribution in [0.3, 0.4) is 0 Å². The largest absolute Gasteiger partial charge is 0.491 e. The molecule has 0 atom stereocenters. The molecule has 0 heterocycles. The Morgan fingerprint density at radius 1 is 1.16 bits per heavy atom. The van der Waals surface area contributed by atoms with Crippen molar-refractivity contribution in [3.63, 3.8) is 0 Å². The molecule has 0 spiro atoms. The van der Waals surface area contributed by atoms with Gasteiger partial charge in [0.1, 0.15) is 17.9 Å². The molecule has 25 heavy (non-hydrogen) atoms. The zero-order chi connectivity index (χ0) is 18.4. The number of alkyl halides is 3. The van der Waals surface area contributed by atoms with Crippen LogP contribution in [0, 0.1) is 10.1 Å². The summed E-state index contributed by atoms with van der Waals surface area (Å²) in [5, 5.41) is 13.1. The van der Waals surface area contributed by atoms with Gasteiger partial charge in [-0.15, -0.1) is 0 Å². The van der Waals surface area contributed by atoms with E-state index in [0.29, 0.717) is 11.6 Å². The molecule has 9 heteroatoms. The lowest BCUT2D eigenvalue weighted by Gasteiger charge is -2.14. The van der Waals surface area contributed by atoms with Gasteiger partial charge < -0.3 is 10.1 Å². The highest BCUT2D eigenvalue weighted by molar-refractivity contribution is 5.94. The summed E-state index contributed by atoms with van der Waals surface area (Å²) in [5.74, 6) is -0.920. The van der Waals surface area contributed by atoms with E-state index in [2.05, 4.69) is 5.32 Å². The standard InChI is InChI=1S/C16H13F3N2O4/c17-16(18,19)13-10-12(21(23)24)6-7-14(13)25-9-8-20-15(22)11-4-2-1-3-5-11/h1-7,10H,8-9H2,(H,20,22). The second-order valence-corrected chi connectivity index (χ2v) is 4.91. The first-order valence-electron chi connectivity index (χ1n) is 7.10. The number of carbonyl (C=O) groups excluding carboxylic acids is 1. The van der Waals surface area contributed by atoms with Crippen LogP contribution in [0.1, 0.15) is 15.9 Å². The number of rotatable bonds is 6. The number of nitrogens with one attached hydrogen (secondary N) is 1. The van der Waals surface area contributed by atoms with Crippen LogP contribution in [-0.4, -0.2) is 24.0 Å². The van der Waals surface area contributed by atoms with Gasteiger partial charge in [-0.2, -0.15) is 13.2 Å². The molecule has 0 unspecified atom stereocenters. The van der Waals surface area contributed by atoms with Crippen LogP contribution < -0.4 is 10.1 Å². The van der Waals surface area contributed by atoms with E-state index in [1.807, 2.05) is 0 Å². The van der Waals surface area contributed by atoms with Crippen molar-refractivity contribution >= 4 is 11.6 Å². The van der Waals surface area contributed by atoms with Gasteiger partial charge in [-0.25, -0.2) is 0 Å². The average molecular weight is 354 g/mol. The van der Waals surface area contributed by atoms with E-state index in [-0.39, 0.29) is 19.1 Å². The van der Waals surface area contributed by atoms with Crippen molar-refractivity contribution < 1.29 is 27.6 Å². The van der Waals surface area contributed by atoms with Crippen LogP contribution in [0.5, 0.6) is 5.75 Å². The van der Waals surface area contributed by atoms with E-state index in [9.17, 15) is 28.1 Å². The molecule has 2 rings (SSSR count). The summed E-state index contributed by atoms with van der Waals surface area (Å²) in [6, 6.07) is 10.5. The van der Waals surface area contributed by atoms with Crippen molar-refractivity contribution in [1.29, 1.82) is 0 Å². The number of benzene rings is 2. The van der Waals surface area contributed by atoms with Crippen molar-refractivity contribution in [2.24, 2.45) is 0 Å². The minimum absolute atomic E-state index is 0.0258. The van der Waals surface area contributed by atoms with Crippen LogP contribution in [0.2, 0.25) is 0 Å². The molecule has 0 saturated carbocycles. The third kappa shape index (κ3) is 4.93. The molecule has 0 aliphatic heterocycles. The first-order chi connectivity index (χ1) is 11.8. The summed E-state index contributed by atoms with van der Waals surface area (Å²) >= 11 is 0. The fourth-order valence-electron chi connectivity index (χ4n) is 2.00. The number of halogens is 3. The molecule has 132 valence electrons. The molecule has 0 fully saturated rings. The maximum atomic E-state index is 13.0. The lowest BCUT2D eigenvalue weighted by molar-refractivity contribution is -0.385. The highest BCUT2D eigenvalue weighted by atomic mass is 19.4. The number of nitro groups is 1. The van der Waals surface area contributed by atoms with Gasteiger partial charge in [0.2, 0.25) is 0 Å². The second-order valence-electron chi connectivity index (χ2n) is 4.91. The molecular weight excluding hydrogens is 341 g/mol. The van der Waals surface area contributed by atoms with Gasteiger partial charge in [0.15, 0.2) is 0 Å². The molecule has 2 aromatic rings. The van der Waals surface area contributed by atoms with Crippen molar-refractivity contribution in [2.45, 2.75) is 6.18 Å². The highest BCUT2D eigenvalue weighted by Gasteiger charge is 2.36. The van der Waals surface area contributed by atoms with Crippen LogP contribution in [0.25, 0.3) is 0 Å². The smallest absolute Gasteiger partial charge is 0.420 e. The molecule has 0 radical (unpaired) electrons. The first-order valence-corrected chi connectivity index (χ1v) is 7.10. The number of hydrogen-bond acceptors (Lipinski definition) is 4. The van der Waals surface area contributed by atoms with E-state index in [4.69, 9.17) is 4.74 Å². The molecule has 1 N–H and O–H groups in total. The summed E-state index contributed by atoms with van der Waals surface area (Å²) in [5.41, 5.74) is -1.51. The van der Waals surface area contributed by atoms with E-state index in [1.165, 1.54) is 0 Å². The molecule has 0 aliphatic carbocycles. The summed E-state index contributed by atoms with van der Waals surface area (Å²) in [6.45, 7) is -0.249. The quantitative estimate of drug-likeness (QED) is 0.490. The number of ether oxygens (including phenoxy) is 1. The van der Waals surface area contributed by atoms with Crippen LogP contribution in [-0.2, 0) is 6.18 Å². The SMILES string of the molecule is O=C(NCCOc1ccc([N+](=O)[O-])cc1C(F)(F)F)c1ccccc1. The zero-order valence-electron chi connectivity index (χ0n) is 12.7. The Labute approximate surface area is 140 Å². The number of nitrogens with zero attached hydrogens (tertiary/aromatic N) is 1. The molecule has 0 aromatic heterocycles. The lowest BCUT2D eigenvalue weighted by atomic mass is 10.1. The van der Waals surface area contributed by atoms with E-state index >= 15 is 0 Å². The monoisotopic (exact) mass is 354 g/mol. The Hall–Kier alpha value is -3.10. The minimum Gasteiger partial charge on any atom is -0.491 e. The normalized spacial score (nSPS) is 11.0. The molecular formula is C16H13F3N2O4. The molecule has 6 nitrogen and oxygen atoms in total. The fraction of sp³-hybridized carbons (Fsp3) is 0.188. The predicted octanol–water partition coefficient (Wildman–Crippen LogP) is 3.42. The molecule has 0 aliphatic rings. The Morgan fingerprint density at radius 2 is 1.84 bits per heavy atom. The van der Waals surface area contributed by atoms with Crippen LogP contribution in [0.4, 0.5) is 18.9 Å². The topological polar surface area (TPSA) is 81.5 Å². The van der Waals surface area contributed by atoms with E-state index in [1.54, 1.807) is 30.3 Å². The van der Waals surface area contributed by atoms with E-state index < -0.39 is 28.1 Å². The second kappa shape index (κ2) is 7.65. The number of amides is 1. The summed E-state index contributed by atoms with van der Waals surface area (Å²) < 4.78 is 44.0. The number of nitro benzene ring substituents is 1. The highest BCUT2D eigenvalue weighted by Crippen LogP contribution is 2.38. The van der Waals surface area contributed by atoms with Gasteiger partial charge >= 0.3 is 6.18 Å². The third-order valence-corrected chi connectivity index (χ3v) is 3.16. The summed E-state index contributed by atoms with van der Waals surface area (Å²) in [4.78, 5) is 21.5. The zero-order valence-corrected chi connectivity index (χ0v) is 12.7. The summed E-state index contributed by atoms with van der Waals surface area (Å²) in [6.07, 6.45) is -4.80. The van der Waals surface area contributed by atoms with Crippen LogP contribution >= 0.6 is 0 Å². The first kappa shape index (κ1) is 18.2. The van der Waals surface area contributed by atoms with Gasteiger partial charge in [-0.05, 0) is 18.2 Å². The van der Waals surface area contributed by atoms with Gasteiger partial charge in [0, 0.05) is 17.7 Å². The Bertz CT molecular complexity index is 764.